The fourth-order valence-corrected chi connectivity index (χ4v) is 2.37. The lowest BCUT2D eigenvalue weighted by Crippen LogP contribution is -2.07. The minimum Gasteiger partial charge on any atom is -0.478 e. The summed E-state index contributed by atoms with van der Waals surface area (Å²) in [5.41, 5.74) is 1.10. The Labute approximate surface area is 131 Å². The number of benzene rings is 2. The van der Waals surface area contributed by atoms with Gasteiger partial charge in [0.05, 0.1) is 5.56 Å². The van der Waals surface area contributed by atoms with Gasteiger partial charge < -0.3 is 10.4 Å². The number of carboxylic acid groups (broad SMARTS) is 1. The average Bonchev–Trinajstić information content (AvgIpc) is 2.41. The number of carboxylic acids is 1. The Bertz CT molecular complexity index is 677. The highest BCUT2D eigenvalue weighted by atomic mass is 35.5. The normalized spacial score (nSPS) is 10.4. The zero-order chi connectivity index (χ0) is 15.4. The second-order valence-electron chi connectivity index (χ2n) is 4.41. The first kappa shape index (κ1) is 15.6. The minimum absolute atomic E-state index is 0.346. The highest BCUT2D eigenvalue weighted by Crippen LogP contribution is 2.21. The maximum absolute atomic E-state index is 13.5. The third-order valence-corrected chi connectivity index (χ3v) is 3.53. The first-order valence-electron chi connectivity index (χ1n) is 6.18. The van der Waals surface area contributed by atoms with E-state index in [-0.39, 0.29) is 5.56 Å². The van der Waals surface area contributed by atoms with Crippen molar-refractivity contribution in [2.45, 2.75) is 6.42 Å². The van der Waals surface area contributed by atoms with Gasteiger partial charge in [0, 0.05) is 22.3 Å². The molecule has 0 atom stereocenters. The predicted molar refractivity (Wildman–Crippen MR) is 82.0 cm³/mol. The van der Waals surface area contributed by atoms with Gasteiger partial charge in [-0.1, -0.05) is 29.3 Å². The lowest BCUT2D eigenvalue weighted by atomic mass is 10.1. The maximum Gasteiger partial charge on any atom is 0.338 e. The minimum atomic E-state index is -1.29. The van der Waals surface area contributed by atoms with Gasteiger partial charge in [0.25, 0.3) is 0 Å². The van der Waals surface area contributed by atoms with Crippen LogP contribution in [-0.4, -0.2) is 17.6 Å². The van der Waals surface area contributed by atoms with Crippen molar-refractivity contribution in [3.8, 4) is 0 Å². The molecule has 2 aromatic carbocycles. The van der Waals surface area contributed by atoms with Crippen LogP contribution in [0.2, 0.25) is 10.0 Å². The molecule has 0 amide bonds. The molecule has 0 aromatic heterocycles. The Kier molecular flexibility index (Phi) is 5.04. The molecule has 0 fully saturated rings. The lowest BCUT2D eigenvalue weighted by Gasteiger charge is -2.09. The van der Waals surface area contributed by atoms with Crippen molar-refractivity contribution in [1.29, 1.82) is 0 Å². The highest BCUT2D eigenvalue weighted by molar-refractivity contribution is 6.35. The fourth-order valence-electron chi connectivity index (χ4n) is 1.86. The van der Waals surface area contributed by atoms with Gasteiger partial charge in [0.1, 0.15) is 5.82 Å². The number of rotatable bonds is 5. The topological polar surface area (TPSA) is 49.3 Å². The third kappa shape index (κ3) is 4.09. The van der Waals surface area contributed by atoms with Crippen LogP contribution in [0.4, 0.5) is 10.1 Å². The molecule has 0 saturated heterocycles. The van der Waals surface area contributed by atoms with Gasteiger partial charge in [-0.2, -0.15) is 0 Å². The van der Waals surface area contributed by atoms with Crippen LogP contribution in [0.1, 0.15) is 15.9 Å². The molecular formula is C15H12Cl2FNO2. The second-order valence-corrected chi connectivity index (χ2v) is 5.26. The molecule has 2 N–H and O–H groups in total. The largest absolute Gasteiger partial charge is 0.478 e. The maximum atomic E-state index is 13.5. The molecule has 2 rings (SSSR count). The van der Waals surface area contributed by atoms with Crippen LogP contribution in [0.5, 0.6) is 0 Å². The van der Waals surface area contributed by atoms with Crippen molar-refractivity contribution >= 4 is 34.9 Å². The summed E-state index contributed by atoms with van der Waals surface area (Å²) in [5.74, 6) is -2.05. The summed E-state index contributed by atoms with van der Waals surface area (Å²) in [6.07, 6.45) is 0.637. The summed E-state index contributed by atoms with van der Waals surface area (Å²) >= 11 is 11.9. The third-order valence-electron chi connectivity index (χ3n) is 2.94. The van der Waals surface area contributed by atoms with Crippen molar-refractivity contribution in [1.82, 2.24) is 0 Å². The number of halogens is 3. The molecule has 110 valence electrons. The molecule has 6 heteroatoms. The van der Waals surface area contributed by atoms with Crippen LogP contribution in [0, 0.1) is 5.82 Å². The van der Waals surface area contributed by atoms with Gasteiger partial charge in [-0.15, -0.1) is 0 Å². The Morgan fingerprint density at radius 3 is 2.57 bits per heavy atom. The van der Waals surface area contributed by atoms with Crippen molar-refractivity contribution < 1.29 is 14.3 Å². The molecule has 0 aliphatic rings. The van der Waals surface area contributed by atoms with E-state index in [0.717, 1.165) is 11.6 Å². The summed E-state index contributed by atoms with van der Waals surface area (Å²) in [7, 11) is 0. The van der Waals surface area contributed by atoms with Crippen LogP contribution in [0.15, 0.2) is 36.4 Å². The van der Waals surface area contributed by atoms with E-state index in [2.05, 4.69) is 5.32 Å². The number of hydrogen-bond donors (Lipinski definition) is 2. The SMILES string of the molecule is O=C(O)c1ccc(NCCc2ccc(Cl)cc2Cl)cc1F. The molecule has 0 radical (unpaired) electrons. The van der Waals surface area contributed by atoms with E-state index in [4.69, 9.17) is 28.3 Å². The van der Waals surface area contributed by atoms with E-state index in [9.17, 15) is 9.18 Å². The standard InChI is InChI=1S/C15H12Cl2FNO2/c16-10-2-1-9(13(17)7-10)5-6-19-11-3-4-12(15(20)21)14(18)8-11/h1-4,7-8,19H,5-6H2,(H,20,21). The van der Waals surface area contributed by atoms with E-state index in [1.807, 2.05) is 6.07 Å². The van der Waals surface area contributed by atoms with Crippen LogP contribution < -0.4 is 5.32 Å². The Balaban J connectivity index is 1.97. The number of hydrogen-bond acceptors (Lipinski definition) is 2. The Morgan fingerprint density at radius 1 is 1.19 bits per heavy atom. The van der Waals surface area contributed by atoms with Crippen LogP contribution in [-0.2, 0) is 6.42 Å². The quantitative estimate of drug-likeness (QED) is 0.850. The smallest absolute Gasteiger partial charge is 0.338 e. The first-order chi connectivity index (χ1) is 9.97. The highest BCUT2D eigenvalue weighted by Gasteiger charge is 2.10. The molecule has 2 aromatic rings. The predicted octanol–water partition coefficient (Wildman–Crippen LogP) is 4.49. The van der Waals surface area contributed by atoms with E-state index in [1.165, 1.54) is 12.1 Å². The molecule has 0 bridgehead atoms. The summed E-state index contributed by atoms with van der Waals surface area (Å²) in [4.78, 5) is 10.7. The molecule has 3 nitrogen and oxygen atoms in total. The Morgan fingerprint density at radius 2 is 1.95 bits per heavy atom. The number of aromatic carboxylic acids is 1. The molecule has 0 heterocycles. The number of anilines is 1. The summed E-state index contributed by atoms with van der Waals surface area (Å²) in [6.45, 7) is 0.535. The monoisotopic (exact) mass is 327 g/mol. The van der Waals surface area contributed by atoms with Crippen molar-refractivity contribution in [2.75, 3.05) is 11.9 Å². The average molecular weight is 328 g/mol. The second kappa shape index (κ2) is 6.78. The van der Waals surface area contributed by atoms with Gasteiger partial charge in [0.15, 0.2) is 0 Å². The Hall–Kier alpha value is -1.78. The fraction of sp³-hybridized carbons (Fsp3) is 0.133. The molecule has 0 aliphatic carbocycles. The van der Waals surface area contributed by atoms with Crippen molar-refractivity contribution in [3.05, 3.63) is 63.4 Å². The van der Waals surface area contributed by atoms with Gasteiger partial charge in [0.2, 0.25) is 0 Å². The van der Waals surface area contributed by atoms with Gasteiger partial charge in [-0.25, -0.2) is 9.18 Å². The number of carbonyl (C=O) groups is 1. The van der Waals surface area contributed by atoms with E-state index in [0.29, 0.717) is 28.7 Å². The van der Waals surface area contributed by atoms with E-state index in [1.54, 1.807) is 12.1 Å². The summed E-state index contributed by atoms with van der Waals surface area (Å²) < 4.78 is 13.5. The molecule has 0 unspecified atom stereocenters. The molecule has 0 spiro atoms. The first-order valence-corrected chi connectivity index (χ1v) is 6.93. The summed E-state index contributed by atoms with van der Waals surface area (Å²) in [5, 5.41) is 12.9. The molecule has 0 aliphatic heterocycles. The van der Waals surface area contributed by atoms with Crippen molar-refractivity contribution in [3.63, 3.8) is 0 Å². The van der Waals surface area contributed by atoms with E-state index >= 15 is 0 Å². The van der Waals surface area contributed by atoms with Crippen LogP contribution >= 0.6 is 23.2 Å². The van der Waals surface area contributed by atoms with Gasteiger partial charge >= 0.3 is 5.97 Å². The zero-order valence-corrected chi connectivity index (χ0v) is 12.4. The number of nitrogens with one attached hydrogen (secondary N) is 1. The summed E-state index contributed by atoms with van der Waals surface area (Å²) in [6, 6.07) is 9.17. The van der Waals surface area contributed by atoms with Crippen molar-refractivity contribution in [2.24, 2.45) is 0 Å². The van der Waals surface area contributed by atoms with E-state index < -0.39 is 11.8 Å². The lowest BCUT2D eigenvalue weighted by molar-refractivity contribution is 0.0692. The van der Waals surface area contributed by atoms with Crippen LogP contribution in [0.3, 0.4) is 0 Å². The molecule has 21 heavy (non-hydrogen) atoms. The molecule has 0 saturated carbocycles. The molecular weight excluding hydrogens is 316 g/mol. The van der Waals surface area contributed by atoms with Crippen LogP contribution in [0.25, 0.3) is 0 Å². The van der Waals surface area contributed by atoms with Gasteiger partial charge in [-0.05, 0) is 42.3 Å². The zero-order valence-electron chi connectivity index (χ0n) is 10.9. The van der Waals surface area contributed by atoms with Gasteiger partial charge in [-0.3, -0.25) is 0 Å².